The second kappa shape index (κ2) is 8.60. The molecule has 2 unspecified atom stereocenters. The topological polar surface area (TPSA) is 72.2 Å². The standard InChI is InChI=1S/C16H22N2O2S/c1-12-9-14(5-4-7-17)11-15(10-12)16(19)18-13(2)6-8-21(3)20/h9-11,13H,6-8,17H2,1-3H3,(H,18,19). The van der Waals surface area contributed by atoms with Crippen LogP contribution in [0, 0.1) is 18.8 Å². The molecule has 0 saturated heterocycles. The van der Waals surface area contributed by atoms with Gasteiger partial charge in [-0.25, -0.2) is 0 Å². The van der Waals surface area contributed by atoms with Gasteiger partial charge in [-0.1, -0.05) is 11.8 Å². The molecule has 1 aromatic rings. The van der Waals surface area contributed by atoms with Crippen molar-refractivity contribution in [2.24, 2.45) is 5.73 Å². The van der Waals surface area contributed by atoms with Gasteiger partial charge >= 0.3 is 0 Å². The molecule has 0 aliphatic rings. The summed E-state index contributed by atoms with van der Waals surface area (Å²) in [5.41, 5.74) is 7.71. The van der Waals surface area contributed by atoms with Gasteiger partial charge in [0.05, 0.1) is 6.54 Å². The second-order valence-corrected chi connectivity index (χ2v) is 6.59. The highest BCUT2D eigenvalue weighted by Crippen LogP contribution is 2.09. The minimum atomic E-state index is -0.838. The first-order chi connectivity index (χ1) is 9.92. The van der Waals surface area contributed by atoms with Gasteiger partial charge in [0.25, 0.3) is 5.91 Å². The minimum Gasteiger partial charge on any atom is -0.350 e. The van der Waals surface area contributed by atoms with Crippen LogP contribution in [0.3, 0.4) is 0 Å². The van der Waals surface area contributed by atoms with Gasteiger partial charge in [0.1, 0.15) is 0 Å². The molecule has 0 aromatic heterocycles. The molecular formula is C16H22N2O2S. The van der Waals surface area contributed by atoms with Gasteiger partial charge in [0.15, 0.2) is 0 Å². The maximum Gasteiger partial charge on any atom is 0.251 e. The number of amides is 1. The number of carbonyl (C=O) groups is 1. The quantitative estimate of drug-likeness (QED) is 0.803. The first kappa shape index (κ1) is 17.4. The van der Waals surface area contributed by atoms with E-state index < -0.39 is 10.8 Å². The highest BCUT2D eigenvalue weighted by atomic mass is 32.2. The lowest BCUT2D eigenvalue weighted by molar-refractivity contribution is 0.0939. The molecule has 0 heterocycles. The van der Waals surface area contributed by atoms with Crippen molar-refractivity contribution >= 4 is 16.7 Å². The Balaban J connectivity index is 2.77. The van der Waals surface area contributed by atoms with E-state index in [4.69, 9.17) is 5.73 Å². The Morgan fingerprint density at radius 2 is 2.14 bits per heavy atom. The molecule has 0 fully saturated rings. The number of hydrogen-bond acceptors (Lipinski definition) is 3. The van der Waals surface area contributed by atoms with E-state index in [9.17, 15) is 9.00 Å². The van der Waals surface area contributed by atoms with Crippen molar-refractivity contribution < 1.29 is 9.00 Å². The van der Waals surface area contributed by atoms with E-state index in [1.807, 2.05) is 26.0 Å². The Kier molecular flexibility index (Phi) is 7.13. The summed E-state index contributed by atoms with van der Waals surface area (Å²) in [4.78, 5) is 12.2. The summed E-state index contributed by atoms with van der Waals surface area (Å²) < 4.78 is 11.1. The number of benzene rings is 1. The molecule has 1 aromatic carbocycles. The van der Waals surface area contributed by atoms with Crippen LogP contribution in [0.1, 0.15) is 34.8 Å². The van der Waals surface area contributed by atoms with E-state index in [1.165, 1.54) is 0 Å². The molecule has 1 rings (SSSR count). The molecule has 1 amide bonds. The summed E-state index contributed by atoms with van der Waals surface area (Å²) in [7, 11) is -0.838. The zero-order valence-corrected chi connectivity index (χ0v) is 13.5. The molecule has 4 nitrogen and oxygen atoms in total. The van der Waals surface area contributed by atoms with Crippen molar-refractivity contribution in [3.05, 3.63) is 34.9 Å². The van der Waals surface area contributed by atoms with Gasteiger partial charge in [0.2, 0.25) is 0 Å². The zero-order chi connectivity index (χ0) is 15.8. The van der Waals surface area contributed by atoms with Gasteiger partial charge in [-0.05, 0) is 44.0 Å². The van der Waals surface area contributed by atoms with Crippen LogP contribution in [-0.2, 0) is 10.8 Å². The summed E-state index contributed by atoms with van der Waals surface area (Å²) in [6, 6.07) is 5.49. The molecule has 5 heteroatoms. The van der Waals surface area contributed by atoms with E-state index in [0.717, 1.165) is 11.1 Å². The van der Waals surface area contributed by atoms with Gasteiger partial charge in [0, 0.05) is 40.0 Å². The maximum atomic E-state index is 12.2. The van der Waals surface area contributed by atoms with E-state index in [2.05, 4.69) is 17.2 Å². The lowest BCUT2D eigenvalue weighted by Crippen LogP contribution is -2.33. The first-order valence-corrected chi connectivity index (χ1v) is 8.56. The zero-order valence-electron chi connectivity index (χ0n) is 12.7. The number of rotatable bonds is 5. The normalized spacial score (nSPS) is 13.0. The van der Waals surface area contributed by atoms with Crippen LogP contribution in [0.5, 0.6) is 0 Å². The molecule has 0 radical (unpaired) electrons. The van der Waals surface area contributed by atoms with Crippen LogP contribution in [0.15, 0.2) is 18.2 Å². The summed E-state index contributed by atoms with van der Waals surface area (Å²) in [5, 5.41) is 2.92. The van der Waals surface area contributed by atoms with Crippen molar-refractivity contribution in [2.75, 3.05) is 18.6 Å². The summed E-state index contributed by atoms with van der Waals surface area (Å²) >= 11 is 0. The Bertz CT molecular complexity index is 588. The van der Waals surface area contributed by atoms with Crippen molar-refractivity contribution in [2.45, 2.75) is 26.3 Å². The fraction of sp³-hybridized carbons (Fsp3) is 0.438. The number of hydrogen-bond donors (Lipinski definition) is 2. The monoisotopic (exact) mass is 306 g/mol. The molecule has 0 aliphatic carbocycles. The van der Waals surface area contributed by atoms with Crippen molar-refractivity contribution in [3.8, 4) is 11.8 Å². The Morgan fingerprint density at radius 1 is 1.43 bits per heavy atom. The largest absolute Gasteiger partial charge is 0.350 e. The Hall–Kier alpha value is -1.64. The van der Waals surface area contributed by atoms with Gasteiger partial charge < -0.3 is 11.1 Å². The fourth-order valence-corrected chi connectivity index (χ4v) is 2.55. The van der Waals surface area contributed by atoms with Crippen LogP contribution in [0.25, 0.3) is 0 Å². The van der Waals surface area contributed by atoms with E-state index >= 15 is 0 Å². The third-order valence-corrected chi connectivity index (χ3v) is 3.70. The van der Waals surface area contributed by atoms with Crippen molar-refractivity contribution in [1.82, 2.24) is 5.32 Å². The first-order valence-electron chi connectivity index (χ1n) is 6.84. The lowest BCUT2D eigenvalue weighted by Gasteiger charge is -2.13. The van der Waals surface area contributed by atoms with E-state index in [0.29, 0.717) is 24.3 Å². The molecule has 0 spiro atoms. The lowest BCUT2D eigenvalue weighted by atomic mass is 10.1. The molecule has 2 atom stereocenters. The van der Waals surface area contributed by atoms with Crippen molar-refractivity contribution in [3.63, 3.8) is 0 Å². The molecule has 114 valence electrons. The number of nitrogens with one attached hydrogen (secondary N) is 1. The average molecular weight is 306 g/mol. The summed E-state index contributed by atoms with van der Waals surface area (Å²) in [6.07, 6.45) is 2.36. The predicted octanol–water partition coefficient (Wildman–Crippen LogP) is 1.19. The Morgan fingerprint density at radius 3 is 2.76 bits per heavy atom. The minimum absolute atomic E-state index is 0.0134. The van der Waals surface area contributed by atoms with Crippen LogP contribution in [-0.4, -0.2) is 34.7 Å². The van der Waals surface area contributed by atoms with E-state index in [-0.39, 0.29) is 11.9 Å². The average Bonchev–Trinajstić information content (AvgIpc) is 2.42. The van der Waals surface area contributed by atoms with Crippen molar-refractivity contribution in [1.29, 1.82) is 0 Å². The molecule has 0 saturated carbocycles. The predicted molar refractivity (Wildman–Crippen MR) is 87.6 cm³/mol. The molecule has 21 heavy (non-hydrogen) atoms. The Labute approximate surface area is 129 Å². The number of aryl methyl sites for hydroxylation is 1. The molecule has 3 N–H and O–H groups in total. The van der Waals surface area contributed by atoms with Gasteiger partial charge in [-0.15, -0.1) is 0 Å². The number of nitrogens with two attached hydrogens (primary N) is 1. The molecular weight excluding hydrogens is 284 g/mol. The number of carbonyl (C=O) groups excluding carboxylic acids is 1. The van der Waals surface area contributed by atoms with Gasteiger partial charge in [-0.3, -0.25) is 9.00 Å². The highest BCUT2D eigenvalue weighted by molar-refractivity contribution is 7.84. The second-order valence-electron chi connectivity index (χ2n) is 5.03. The molecule has 0 aliphatic heterocycles. The smallest absolute Gasteiger partial charge is 0.251 e. The molecule has 0 bridgehead atoms. The fourth-order valence-electron chi connectivity index (χ4n) is 1.86. The summed E-state index contributed by atoms with van der Waals surface area (Å²) in [5.74, 6) is 6.17. The highest BCUT2D eigenvalue weighted by Gasteiger charge is 2.11. The SMILES string of the molecule is Cc1cc(C#CCN)cc(C(=O)NC(C)CCS(C)=O)c1. The van der Waals surface area contributed by atoms with Crippen LogP contribution in [0.2, 0.25) is 0 Å². The third-order valence-electron chi connectivity index (χ3n) is 2.89. The summed E-state index contributed by atoms with van der Waals surface area (Å²) in [6.45, 7) is 4.13. The van der Waals surface area contributed by atoms with Crippen LogP contribution >= 0.6 is 0 Å². The van der Waals surface area contributed by atoms with Crippen LogP contribution in [0.4, 0.5) is 0 Å². The van der Waals surface area contributed by atoms with E-state index in [1.54, 1.807) is 12.3 Å². The van der Waals surface area contributed by atoms with Crippen LogP contribution < -0.4 is 11.1 Å². The maximum absolute atomic E-state index is 12.2. The van der Waals surface area contributed by atoms with Gasteiger partial charge in [-0.2, -0.15) is 0 Å². The third kappa shape index (κ3) is 6.56.